The number of rotatable bonds is 6. The average Bonchev–Trinajstić information content (AvgIpc) is 2.98. The molecule has 0 amide bonds. The predicted octanol–water partition coefficient (Wildman–Crippen LogP) is 6.65. The largest absolute Gasteiger partial charge is 0.496 e. The molecule has 2 nitrogen and oxygen atoms in total. The quantitative estimate of drug-likeness (QED) is 0.500. The lowest BCUT2D eigenvalue weighted by molar-refractivity contribution is 0.0975. The number of aryl methyl sites for hydroxylation is 1. The molecule has 3 rings (SSSR count). The van der Waals surface area contributed by atoms with Gasteiger partial charge in [-0.25, -0.2) is 0 Å². The molecule has 0 heterocycles. The molecule has 1 fully saturated rings. The SMILES string of the molecule is COc1cccc(CCC2=C3C[C@H](OC)C[C@]3(C)CC([Si](C)(C)C)=C2C)c1C. The van der Waals surface area contributed by atoms with Gasteiger partial charge in [0.1, 0.15) is 5.75 Å². The third kappa shape index (κ3) is 3.88. The van der Waals surface area contributed by atoms with E-state index < -0.39 is 8.07 Å². The monoisotopic (exact) mass is 398 g/mol. The predicted molar refractivity (Wildman–Crippen MR) is 122 cm³/mol. The zero-order valence-corrected chi connectivity index (χ0v) is 20.2. The van der Waals surface area contributed by atoms with Crippen LogP contribution in [0.5, 0.6) is 5.75 Å². The first-order valence-corrected chi connectivity index (χ1v) is 14.2. The number of fused-ring (bicyclic) bond motifs is 1. The first kappa shape index (κ1) is 21.4. The zero-order chi connectivity index (χ0) is 20.7. The Kier molecular flexibility index (Phi) is 5.98. The van der Waals surface area contributed by atoms with E-state index in [0.29, 0.717) is 6.10 Å². The molecule has 1 aromatic rings. The summed E-state index contributed by atoms with van der Waals surface area (Å²) in [5.41, 5.74) is 7.89. The highest BCUT2D eigenvalue weighted by Crippen LogP contribution is 2.55. The Morgan fingerprint density at radius 1 is 1.11 bits per heavy atom. The number of methoxy groups -OCH3 is 2. The molecular formula is C25H38O2Si. The third-order valence-electron chi connectivity index (χ3n) is 7.17. The van der Waals surface area contributed by atoms with Crippen molar-refractivity contribution in [3.63, 3.8) is 0 Å². The molecule has 1 saturated carbocycles. The van der Waals surface area contributed by atoms with Crippen molar-refractivity contribution in [3.05, 3.63) is 51.2 Å². The minimum Gasteiger partial charge on any atom is -0.496 e. The van der Waals surface area contributed by atoms with Crippen LogP contribution in [-0.4, -0.2) is 28.4 Å². The van der Waals surface area contributed by atoms with E-state index in [4.69, 9.17) is 9.47 Å². The van der Waals surface area contributed by atoms with Crippen LogP contribution in [0.25, 0.3) is 0 Å². The summed E-state index contributed by atoms with van der Waals surface area (Å²) in [5, 5.41) is 1.77. The van der Waals surface area contributed by atoms with Gasteiger partial charge in [0.05, 0.1) is 21.3 Å². The number of allylic oxidation sites excluding steroid dienone is 3. The minimum absolute atomic E-state index is 0.286. The average molecular weight is 399 g/mol. The topological polar surface area (TPSA) is 18.5 Å². The lowest BCUT2D eigenvalue weighted by atomic mass is 9.72. The summed E-state index contributed by atoms with van der Waals surface area (Å²) < 4.78 is 11.4. The summed E-state index contributed by atoms with van der Waals surface area (Å²) >= 11 is 0. The summed E-state index contributed by atoms with van der Waals surface area (Å²) in [6.45, 7) is 14.6. The van der Waals surface area contributed by atoms with Gasteiger partial charge in [0.2, 0.25) is 0 Å². The van der Waals surface area contributed by atoms with E-state index in [1.54, 1.807) is 29.0 Å². The van der Waals surface area contributed by atoms with Gasteiger partial charge in [-0.3, -0.25) is 0 Å². The number of hydrogen-bond acceptors (Lipinski definition) is 2. The van der Waals surface area contributed by atoms with Crippen molar-refractivity contribution in [2.75, 3.05) is 14.2 Å². The molecule has 0 radical (unpaired) electrons. The van der Waals surface area contributed by atoms with Crippen LogP contribution in [0.1, 0.15) is 50.7 Å². The molecule has 3 heteroatoms. The van der Waals surface area contributed by atoms with E-state index in [1.807, 2.05) is 7.11 Å². The van der Waals surface area contributed by atoms with Crippen LogP contribution in [0.2, 0.25) is 19.6 Å². The second-order valence-corrected chi connectivity index (χ2v) is 15.2. The smallest absolute Gasteiger partial charge is 0.122 e. The Morgan fingerprint density at radius 3 is 2.43 bits per heavy atom. The van der Waals surface area contributed by atoms with E-state index in [1.165, 1.54) is 24.0 Å². The first-order chi connectivity index (χ1) is 13.1. The van der Waals surface area contributed by atoms with Crippen LogP contribution in [0, 0.1) is 12.3 Å². The molecule has 0 saturated heterocycles. The van der Waals surface area contributed by atoms with Gasteiger partial charge in [-0.2, -0.15) is 0 Å². The second kappa shape index (κ2) is 7.83. The van der Waals surface area contributed by atoms with Crippen LogP contribution in [0.15, 0.2) is 40.1 Å². The van der Waals surface area contributed by atoms with E-state index in [-0.39, 0.29) is 5.41 Å². The molecular weight excluding hydrogens is 360 g/mol. The van der Waals surface area contributed by atoms with E-state index >= 15 is 0 Å². The Bertz CT molecular complexity index is 812. The van der Waals surface area contributed by atoms with Gasteiger partial charge in [-0.15, -0.1) is 0 Å². The fourth-order valence-electron chi connectivity index (χ4n) is 5.51. The summed E-state index contributed by atoms with van der Waals surface area (Å²) in [5.74, 6) is 0.999. The van der Waals surface area contributed by atoms with Crippen molar-refractivity contribution in [3.8, 4) is 5.75 Å². The maximum absolute atomic E-state index is 5.83. The molecule has 2 aliphatic carbocycles. The van der Waals surface area contributed by atoms with Gasteiger partial charge in [0, 0.05) is 7.11 Å². The third-order valence-corrected chi connectivity index (χ3v) is 9.54. The summed E-state index contributed by atoms with van der Waals surface area (Å²) in [7, 11) is 2.29. The van der Waals surface area contributed by atoms with E-state index in [2.05, 4.69) is 58.6 Å². The molecule has 0 N–H and O–H groups in total. The lowest BCUT2D eigenvalue weighted by Crippen LogP contribution is -2.33. The highest BCUT2D eigenvalue weighted by Gasteiger charge is 2.46. The van der Waals surface area contributed by atoms with Crippen molar-refractivity contribution in [1.29, 1.82) is 0 Å². The van der Waals surface area contributed by atoms with Crippen molar-refractivity contribution in [1.82, 2.24) is 0 Å². The highest BCUT2D eigenvalue weighted by molar-refractivity contribution is 6.83. The van der Waals surface area contributed by atoms with E-state index in [0.717, 1.165) is 25.0 Å². The second-order valence-electron chi connectivity index (χ2n) is 10.1. The van der Waals surface area contributed by atoms with Crippen molar-refractivity contribution < 1.29 is 9.47 Å². The van der Waals surface area contributed by atoms with Crippen LogP contribution in [-0.2, 0) is 11.2 Å². The van der Waals surface area contributed by atoms with Crippen molar-refractivity contribution in [2.24, 2.45) is 5.41 Å². The maximum atomic E-state index is 5.83. The summed E-state index contributed by atoms with van der Waals surface area (Å²) in [6, 6.07) is 6.44. The molecule has 1 aromatic carbocycles. The molecule has 0 aromatic heterocycles. The van der Waals surface area contributed by atoms with Gasteiger partial charge >= 0.3 is 0 Å². The summed E-state index contributed by atoms with van der Waals surface area (Å²) in [6.07, 6.45) is 6.09. The molecule has 154 valence electrons. The fourth-order valence-corrected chi connectivity index (χ4v) is 7.71. The Hall–Kier alpha value is -1.32. The fraction of sp³-hybridized carbons (Fsp3) is 0.600. The maximum Gasteiger partial charge on any atom is 0.122 e. The minimum atomic E-state index is -1.35. The summed E-state index contributed by atoms with van der Waals surface area (Å²) in [4.78, 5) is 0. The molecule has 0 unspecified atom stereocenters. The van der Waals surface area contributed by atoms with Gasteiger partial charge in [0.25, 0.3) is 0 Å². The number of ether oxygens (including phenoxy) is 2. The Morgan fingerprint density at radius 2 is 1.82 bits per heavy atom. The molecule has 2 atom stereocenters. The number of benzene rings is 1. The van der Waals surface area contributed by atoms with Crippen LogP contribution >= 0.6 is 0 Å². The van der Waals surface area contributed by atoms with Crippen LogP contribution in [0.4, 0.5) is 0 Å². The Labute approximate surface area is 173 Å². The van der Waals surface area contributed by atoms with Gasteiger partial charge in [-0.05, 0) is 74.1 Å². The van der Waals surface area contributed by atoms with Gasteiger partial charge in [0.15, 0.2) is 0 Å². The lowest BCUT2D eigenvalue weighted by Gasteiger charge is -2.40. The normalized spacial score (nSPS) is 25.4. The Balaban J connectivity index is 1.99. The van der Waals surface area contributed by atoms with Gasteiger partial charge in [-0.1, -0.05) is 55.0 Å². The standard InChI is InChI=1S/C25H38O2Si/c1-17-19(10-9-11-23(17)27-5)12-13-21-18(2)24(28(6,7)8)16-25(3)15-20(26-4)14-22(21)25/h9-11,20H,12-16H2,1-8H3/t20-,25+/m0/s1. The first-order valence-electron chi connectivity index (χ1n) is 10.7. The molecule has 0 aliphatic heterocycles. The number of hydrogen-bond donors (Lipinski definition) is 0. The molecule has 0 bridgehead atoms. The van der Waals surface area contributed by atoms with Crippen molar-refractivity contribution in [2.45, 2.75) is 78.6 Å². The molecule has 2 aliphatic rings. The molecule has 0 spiro atoms. The van der Waals surface area contributed by atoms with Crippen LogP contribution < -0.4 is 4.74 Å². The molecule has 28 heavy (non-hydrogen) atoms. The van der Waals surface area contributed by atoms with Crippen molar-refractivity contribution >= 4 is 8.07 Å². The van der Waals surface area contributed by atoms with E-state index in [9.17, 15) is 0 Å². The van der Waals surface area contributed by atoms with Crippen LogP contribution in [0.3, 0.4) is 0 Å². The zero-order valence-electron chi connectivity index (χ0n) is 19.2. The highest BCUT2D eigenvalue weighted by atomic mass is 28.3. The van der Waals surface area contributed by atoms with Gasteiger partial charge < -0.3 is 9.47 Å².